The Morgan fingerprint density at radius 1 is 1.30 bits per heavy atom. The van der Waals surface area contributed by atoms with Gasteiger partial charge in [0, 0.05) is 11.1 Å². The maximum absolute atomic E-state index is 12.1. The number of hydrogen-bond acceptors (Lipinski definition) is 4. The van der Waals surface area contributed by atoms with Crippen molar-refractivity contribution in [3.05, 3.63) is 51.5 Å². The van der Waals surface area contributed by atoms with Gasteiger partial charge in [0.1, 0.15) is 5.01 Å². The first kappa shape index (κ1) is 17.4. The van der Waals surface area contributed by atoms with E-state index in [1.807, 2.05) is 43.5 Å². The van der Waals surface area contributed by atoms with Gasteiger partial charge in [-0.3, -0.25) is 0 Å². The summed E-state index contributed by atoms with van der Waals surface area (Å²) in [5.41, 5.74) is 3.06. The molecule has 0 fully saturated rings. The second-order valence-electron chi connectivity index (χ2n) is 5.50. The van der Waals surface area contributed by atoms with Gasteiger partial charge >= 0.3 is 6.03 Å². The van der Waals surface area contributed by atoms with Crippen molar-refractivity contribution in [3.63, 3.8) is 0 Å². The molecule has 0 bridgehead atoms. The molecule has 1 heterocycles. The predicted molar refractivity (Wildman–Crippen MR) is 92.6 cm³/mol. The number of nitrogens with zero attached hydrogens (tertiary/aromatic N) is 1. The van der Waals surface area contributed by atoms with E-state index in [1.165, 1.54) is 16.9 Å². The van der Waals surface area contributed by atoms with Crippen LogP contribution in [0.1, 0.15) is 47.8 Å². The molecule has 0 saturated heterocycles. The SMILES string of the molecule is CCc1ccc(C(CO)NC(=O)NC(C)c2nc(C)cs2)cc1. The van der Waals surface area contributed by atoms with Crippen molar-refractivity contribution >= 4 is 17.4 Å². The number of aliphatic hydroxyl groups excluding tert-OH is 1. The molecule has 0 spiro atoms. The number of urea groups is 1. The summed E-state index contributed by atoms with van der Waals surface area (Å²) in [5, 5.41) is 18.0. The predicted octanol–water partition coefficient (Wildman–Crippen LogP) is 3.11. The van der Waals surface area contributed by atoms with Gasteiger partial charge in [-0.1, -0.05) is 31.2 Å². The maximum Gasteiger partial charge on any atom is 0.315 e. The Bertz CT molecular complexity index is 640. The van der Waals surface area contributed by atoms with Crippen LogP contribution in [-0.2, 0) is 6.42 Å². The number of benzene rings is 1. The molecule has 0 radical (unpaired) electrons. The molecule has 1 aromatic heterocycles. The summed E-state index contributed by atoms with van der Waals surface area (Å²) in [6.07, 6.45) is 0.961. The monoisotopic (exact) mass is 333 g/mol. The van der Waals surface area contributed by atoms with Gasteiger partial charge in [-0.15, -0.1) is 11.3 Å². The highest BCUT2D eigenvalue weighted by Gasteiger charge is 2.17. The van der Waals surface area contributed by atoms with E-state index in [1.54, 1.807) is 0 Å². The molecule has 2 aromatic rings. The lowest BCUT2D eigenvalue weighted by molar-refractivity contribution is 0.214. The van der Waals surface area contributed by atoms with Crippen molar-refractivity contribution < 1.29 is 9.90 Å². The molecule has 0 aliphatic heterocycles. The number of nitrogens with one attached hydrogen (secondary N) is 2. The van der Waals surface area contributed by atoms with Gasteiger partial charge in [0.05, 0.1) is 18.7 Å². The van der Waals surface area contributed by atoms with Gasteiger partial charge in [-0.25, -0.2) is 9.78 Å². The van der Waals surface area contributed by atoms with Crippen LogP contribution in [-0.4, -0.2) is 22.7 Å². The van der Waals surface area contributed by atoms with Crippen LogP contribution >= 0.6 is 11.3 Å². The lowest BCUT2D eigenvalue weighted by atomic mass is 10.0. The van der Waals surface area contributed by atoms with E-state index in [-0.39, 0.29) is 18.7 Å². The largest absolute Gasteiger partial charge is 0.394 e. The fourth-order valence-corrected chi connectivity index (χ4v) is 3.05. The number of thiazole rings is 1. The Morgan fingerprint density at radius 3 is 2.52 bits per heavy atom. The van der Waals surface area contributed by atoms with Gasteiger partial charge in [0.2, 0.25) is 0 Å². The number of carbonyl (C=O) groups is 1. The van der Waals surface area contributed by atoms with Crippen molar-refractivity contribution in [2.24, 2.45) is 0 Å². The average Bonchev–Trinajstić information content (AvgIpc) is 2.99. The molecule has 23 heavy (non-hydrogen) atoms. The summed E-state index contributed by atoms with van der Waals surface area (Å²) in [4.78, 5) is 16.5. The Labute approximate surface area is 140 Å². The first-order chi connectivity index (χ1) is 11.0. The molecule has 124 valence electrons. The highest BCUT2D eigenvalue weighted by molar-refractivity contribution is 7.09. The van der Waals surface area contributed by atoms with Crippen LogP contribution in [0.15, 0.2) is 29.6 Å². The molecule has 2 atom stereocenters. The van der Waals surface area contributed by atoms with E-state index in [9.17, 15) is 9.90 Å². The Morgan fingerprint density at radius 2 is 2.00 bits per heavy atom. The van der Waals surface area contributed by atoms with Crippen LogP contribution in [0.2, 0.25) is 0 Å². The standard InChI is InChI=1S/C17H23N3O2S/c1-4-13-5-7-14(8-6-13)15(9-21)20-17(22)19-12(3)16-18-11(2)10-23-16/h5-8,10,12,15,21H,4,9H2,1-3H3,(H2,19,20,22). The maximum atomic E-state index is 12.1. The van der Waals surface area contributed by atoms with E-state index in [4.69, 9.17) is 0 Å². The van der Waals surface area contributed by atoms with Crippen LogP contribution in [0.25, 0.3) is 0 Å². The molecule has 2 rings (SSSR count). The Hall–Kier alpha value is -1.92. The van der Waals surface area contributed by atoms with Crippen LogP contribution in [0.5, 0.6) is 0 Å². The van der Waals surface area contributed by atoms with Gasteiger partial charge in [-0.05, 0) is 31.4 Å². The first-order valence-corrected chi connectivity index (χ1v) is 8.60. The summed E-state index contributed by atoms with van der Waals surface area (Å²) in [5.74, 6) is 0. The third kappa shape index (κ3) is 4.77. The normalized spacial score (nSPS) is 13.4. The minimum absolute atomic E-state index is 0.149. The zero-order valence-electron chi connectivity index (χ0n) is 13.7. The number of carbonyl (C=O) groups excluding carboxylic acids is 1. The Kier molecular flexibility index (Phi) is 6.12. The van der Waals surface area contributed by atoms with Crippen LogP contribution in [0, 0.1) is 6.92 Å². The van der Waals surface area contributed by atoms with E-state index in [0.29, 0.717) is 0 Å². The van der Waals surface area contributed by atoms with Crippen LogP contribution in [0.4, 0.5) is 4.79 Å². The second kappa shape index (κ2) is 8.08. The second-order valence-corrected chi connectivity index (χ2v) is 6.39. The van der Waals surface area contributed by atoms with E-state index >= 15 is 0 Å². The van der Waals surface area contributed by atoms with Crippen LogP contribution < -0.4 is 10.6 Å². The number of rotatable bonds is 6. The van der Waals surface area contributed by atoms with Crippen molar-refractivity contribution in [1.82, 2.24) is 15.6 Å². The molecule has 1 aromatic carbocycles. The molecule has 3 N–H and O–H groups in total. The molecule has 2 amide bonds. The lowest BCUT2D eigenvalue weighted by Crippen LogP contribution is -2.40. The molecule has 6 heteroatoms. The molecule has 0 saturated carbocycles. The molecule has 2 unspecified atom stereocenters. The zero-order valence-corrected chi connectivity index (χ0v) is 14.5. The van der Waals surface area contributed by atoms with E-state index < -0.39 is 6.04 Å². The van der Waals surface area contributed by atoms with Crippen molar-refractivity contribution in [3.8, 4) is 0 Å². The van der Waals surface area contributed by atoms with Crippen molar-refractivity contribution in [2.45, 2.75) is 39.3 Å². The highest BCUT2D eigenvalue weighted by Crippen LogP contribution is 2.18. The summed E-state index contributed by atoms with van der Waals surface area (Å²) >= 11 is 1.52. The average molecular weight is 333 g/mol. The summed E-state index contributed by atoms with van der Waals surface area (Å²) in [6.45, 7) is 5.76. The highest BCUT2D eigenvalue weighted by atomic mass is 32.1. The van der Waals surface area contributed by atoms with Crippen LogP contribution in [0.3, 0.4) is 0 Å². The van der Waals surface area contributed by atoms with Crippen molar-refractivity contribution in [1.29, 1.82) is 0 Å². The molecular weight excluding hydrogens is 310 g/mol. The van der Waals surface area contributed by atoms with Gasteiger partial charge in [0.25, 0.3) is 0 Å². The number of aryl methyl sites for hydroxylation is 2. The van der Waals surface area contributed by atoms with E-state index in [2.05, 4.69) is 22.5 Å². The van der Waals surface area contributed by atoms with Gasteiger partial charge in [-0.2, -0.15) is 0 Å². The third-order valence-corrected chi connectivity index (χ3v) is 4.78. The zero-order chi connectivity index (χ0) is 16.8. The fraction of sp³-hybridized carbons (Fsp3) is 0.412. The van der Waals surface area contributed by atoms with Gasteiger partial charge < -0.3 is 15.7 Å². The molecule has 0 aliphatic carbocycles. The minimum Gasteiger partial charge on any atom is -0.394 e. The van der Waals surface area contributed by atoms with Crippen molar-refractivity contribution in [2.75, 3.05) is 6.61 Å². The first-order valence-electron chi connectivity index (χ1n) is 7.72. The number of amides is 2. The van der Waals surface area contributed by atoms with E-state index in [0.717, 1.165) is 22.7 Å². The summed E-state index contributed by atoms with van der Waals surface area (Å²) in [7, 11) is 0. The smallest absolute Gasteiger partial charge is 0.315 e. The summed E-state index contributed by atoms with van der Waals surface area (Å²) in [6, 6.07) is 6.99. The minimum atomic E-state index is -0.425. The molecular formula is C17H23N3O2S. The quantitative estimate of drug-likeness (QED) is 0.760. The van der Waals surface area contributed by atoms with Gasteiger partial charge in [0.15, 0.2) is 0 Å². The number of hydrogen-bond donors (Lipinski definition) is 3. The third-order valence-electron chi connectivity index (χ3n) is 3.63. The molecule has 0 aliphatic rings. The lowest BCUT2D eigenvalue weighted by Gasteiger charge is -2.19. The fourth-order valence-electron chi connectivity index (χ4n) is 2.25. The molecule has 5 nitrogen and oxygen atoms in total. The topological polar surface area (TPSA) is 74.2 Å². The summed E-state index contributed by atoms with van der Waals surface area (Å²) < 4.78 is 0. The Balaban J connectivity index is 1.96. The number of aromatic nitrogens is 1. The number of aliphatic hydroxyl groups is 1.